The van der Waals surface area contributed by atoms with Crippen LogP contribution in [0.2, 0.25) is 0 Å². The second-order valence-electron chi connectivity index (χ2n) is 4.71. The van der Waals surface area contributed by atoms with Crippen LogP contribution in [0.25, 0.3) is 0 Å². The summed E-state index contributed by atoms with van der Waals surface area (Å²) in [5.41, 5.74) is -0.297. The summed E-state index contributed by atoms with van der Waals surface area (Å²) in [6.45, 7) is 6.06. The maximum atomic E-state index is 10.5. The molecule has 0 aromatic rings. The number of hydrogen-bond donors (Lipinski definition) is 3. The molecule has 0 radical (unpaired) electrons. The Balaban J connectivity index is 2.23. The lowest BCUT2D eigenvalue weighted by atomic mass is 9.92. The average Bonchev–Trinajstić information content (AvgIpc) is 2.50. The number of carboxylic acid groups (broad SMARTS) is 1. The fraction of sp³-hybridized carbons (Fsp3) is 0.900. The topological polar surface area (TPSA) is 61.4 Å². The van der Waals surface area contributed by atoms with Gasteiger partial charge < -0.3 is 15.7 Å². The second-order valence-corrected chi connectivity index (χ2v) is 4.71. The van der Waals surface area contributed by atoms with Gasteiger partial charge in [0.15, 0.2) is 0 Å². The van der Waals surface area contributed by atoms with Crippen LogP contribution in [-0.2, 0) is 0 Å². The summed E-state index contributed by atoms with van der Waals surface area (Å²) in [5, 5.41) is 14.5. The molecule has 0 bridgehead atoms. The van der Waals surface area contributed by atoms with Crippen molar-refractivity contribution < 1.29 is 9.90 Å². The molecule has 0 aliphatic carbocycles. The Kier molecular flexibility index (Phi) is 3.75. The Hall–Kier alpha value is -0.770. The van der Waals surface area contributed by atoms with Crippen LogP contribution in [0.1, 0.15) is 33.1 Å². The van der Waals surface area contributed by atoms with E-state index in [9.17, 15) is 4.79 Å². The van der Waals surface area contributed by atoms with Crippen LogP contribution in [0.3, 0.4) is 0 Å². The fourth-order valence-corrected chi connectivity index (χ4v) is 1.88. The normalized spacial score (nSPS) is 22.3. The lowest BCUT2D eigenvalue weighted by Crippen LogP contribution is -2.42. The van der Waals surface area contributed by atoms with Crippen molar-refractivity contribution in [2.24, 2.45) is 5.92 Å². The van der Waals surface area contributed by atoms with E-state index in [1.807, 2.05) is 13.8 Å². The van der Waals surface area contributed by atoms with Gasteiger partial charge in [0, 0.05) is 5.54 Å². The molecule has 0 unspecified atom stereocenters. The third-order valence-electron chi connectivity index (χ3n) is 2.79. The van der Waals surface area contributed by atoms with Crippen molar-refractivity contribution in [1.29, 1.82) is 0 Å². The first-order chi connectivity index (χ1) is 6.49. The van der Waals surface area contributed by atoms with Crippen LogP contribution in [0.4, 0.5) is 4.79 Å². The highest BCUT2D eigenvalue weighted by atomic mass is 16.4. The summed E-state index contributed by atoms with van der Waals surface area (Å²) in [6, 6.07) is 0. The van der Waals surface area contributed by atoms with E-state index in [0.29, 0.717) is 0 Å². The van der Waals surface area contributed by atoms with E-state index in [2.05, 4.69) is 10.6 Å². The van der Waals surface area contributed by atoms with Gasteiger partial charge in [-0.15, -0.1) is 0 Å². The first kappa shape index (κ1) is 11.3. The zero-order valence-electron chi connectivity index (χ0n) is 8.97. The number of hydrogen-bond acceptors (Lipinski definition) is 2. The van der Waals surface area contributed by atoms with Gasteiger partial charge in [-0.2, -0.15) is 0 Å². The number of nitrogens with one attached hydrogen (secondary N) is 2. The zero-order chi connectivity index (χ0) is 10.6. The summed E-state index contributed by atoms with van der Waals surface area (Å²) < 4.78 is 0. The Morgan fingerprint density at radius 1 is 1.64 bits per heavy atom. The predicted molar refractivity (Wildman–Crippen MR) is 55.5 cm³/mol. The Morgan fingerprint density at radius 3 is 2.86 bits per heavy atom. The van der Waals surface area contributed by atoms with Crippen LogP contribution in [-0.4, -0.2) is 29.8 Å². The average molecular weight is 200 g/mol. The summed E-state index contributed by atoms with van der Waals surface area (Å²) in [4.78, 5) is 10.5. The highest BCUT2D eigenvalue weighted by Crippen LogP contribution is 2.20. The number of carbonyl (C=O) groups is 1. The molecule has 1 atom stereocenters. The maximum Gasteiger partial charge on any atom is 0.405 e. The zero-order valence-corrected chi connectivity index (χ0v) is 8.97. The minimum Gasteiger partial charge on any atom is -0.465 e. The summed E-state index contributed by atoms with van der Waals surface area (Å²) in [7, 11) is 0. The van der Waals surface area contributed by atoms with Crippen molar-refractivity contribution in [2.45, 2.75) is 38.6 Å². The van der Waals surface area contributed by atoms with Gasteiger partial charge in [-0.05, 0) is 52.1 Å². The van der Waals surface area contributed by atoms with Crippen molar-refractivity contribution in [2.75, 3.05) is 13.1 Å². The third-order valence-corrected chi connectivity index (χ3v) is 2.79. The van der Waals surface area contributed by atoms with Crippen LogP contribution >= 0.6 is 0 Å². The van der Waals surface area contributed by atoms with Crippen LogP contribution in [0, 0.1) is 5.92 Å². The van der Waals surface area contributed by atoms with Crippen molar-refractivity contribution in [3.63, 3.8) is 0 Å². The molecule has 0 saturated carbocycles. The SMILES string of the molecule is CC(C)(CC[C@@H]1CCNC1)NC(=O)O. The van der Waals surface area contributed by atoms with E-state index in [4.69, 9.17) is 5.11 Å². The molecule has 14 heavy (non-hydrogen) atoms. The van der Waals surface area contributed by atoms with E-state index in [0.717, 1.165) is 31.8 Å². The highest BCUT2D eigenvalue weighted by Gasteiger charge is 2.23. The summed E-state index contributed by atoms with van der Waals surface area (Å²) >= 11 is 0. The van der Waals surface area contributed by atoms with Gasteiger partial charge in [0.25, 0.3) is 0 Å². The molecule has 3 N–H and O–H groups in total. The van der Waals surface area contributed by atoms with Gasteiger partial charge in [-0.3, -0.25) is 0 Å². The fourth-order valence-electron chi connectivity index (χ4n) is 1.88. The largest absolute Gasteiger partial charge is 0.465 e. The van der Waals surface area contributed by atoms with Gasteiger partial charge in [-0.1, -0.05) is 0 Å². The minimum absolute atomic E-state index is 0.297. The first-order valence-corrected chi connectivity index (χ1v) is 5.21. The standard InChI is InChI=1S/C10H20N2O2/c1-10(2,12-9(13)14)5-3-8-4-6-11-7-8/h8,11-12H,3-7H2,1-2H3,(H,13,14)/t8-/m1/s1. The monoisotopic (exact) mass is 200 g/mol. The lowest BCUT2D eigenvalue weighted by Gasteiger charge is -2.25. The molecule has 4 heteroatoms. The molecule has 1 aliphatic rings. The van der Waals surface area contributed by atoms with E-state index in [1.165, 1.54) is 6.42 Å². The van der Waals surface area contributed by atoms with E-state index in [-0.39, 0.29) is 5.54 Å². The van der Waals surface area contributed by atoms with Gasteiger partial charge in [0.05, 0.1) is 0 Å². The molecular formula is C10H20N2O2. The molecule has 1 fully saturated rings. The number of rotatable bonds is 4. The van der Waals surface area contributed by atoms with E-state index < -0.39 is 6.09 Å². The van der Waals surface area contributed by atoms with Crippen molar-refractivity contribution in [3.05, 3.63) is 0 Å². The Morgan fingerprint density at radius 2 is 2.36 bits per heavy atom. The molecule has 1 rings (SSSR count). The van der Waals surface area contributed by atoms with Crippen LogP contribution in [0.15, 0.2) is 0 Å². The van der Waals surface area contributed by atoms with Crippen LogP contribution in [0.5, 0.6) is 0 Å². The van der Waals surface area contributed by atoms with Crippen molar-refractivity contribution in [3.8, 4) is 0 Å². The predicted octanol–water partition coefficient (Wildman–Crippen LogP) is 1.42. The molecule has 82 valence electrons. The van der Waals surface area contributed by atoms with Gasteiger partial charge >= 0.3 is 6.09 Å². The quantitative estimate of drug-likeness (QED) is 0.643. The van der Waals surface area contributed by atoms with Gasteiger partial charge in [0.2, 0.25) is 0 Å². The highest BCUT2D eigenvalue weighted by molar-refractivity contribution is 5.65. The van der Waals surface area contributed by atoms with Crippen molar-refractivity contribution in [1.82, 2.24) is 10.6 Å². The molecule has 0 spiro atoms. The van der Waals surface area contributed by atoms with Crippen molar-refractivity contribution >= 4 is 6.09 Å². The summed E-state index contributed by atoms with van der Waals surface area (Å²) in [5.74, 6) is 0.727. The Bertz CT molecular complexity index is 198. The third kappa shape index (κ3) is 3.96. The molecule has 1 aliphatic heterocycles. The molecule has 0 aromatic carbocycles. The molecule has 0 aromatic heterocycles. The smallest absolute Gasteiger partial charge is 0.405 e. The molecule has 1 amide bonds. The molecule has 4 nitrogen and oxygen atoms in total. The number of amides is 1. The van der Waals surface area contributed by atoms with Crippen LogP contribution < -0.4 is 10.6 Å². The molecule has 1 saturated heterocycles. The second kappa shape index (κ2) is 4.64. The Labute approximate surface area is 85.1 Å². The van der Waals surface area contributed by atoms with E-state index in [1.54, 1.807) is 0 Å². The van der Waals surface area contributed by atoms with Gasteiger partial charge in [-0.25, -0.2) is 4.79 Å². The first-order valence-electron chi connectivity index (χ1n) is 5.21. The molecule has 1 heterocycles. The summed E-state index contributed by atoms with van der Waals surface area (Å²) in [6.07, 6.45) is 2.30. The maximum absolute atomic E-state index is 10.5. The molecular weight excluding hydrogens is 180 g/mol. The van der Waals surface area contributed by atoms with E-state index >= 15 is 0 Å². The van der Waals surface area contributed by atoms with Gasteiger partial charge in [0.1, 0.15) is 0 Å². The lowest BCUT2D eigenvalue weighted by molar-refractivity contribution is 0.179. The minimum atomic E-state index is -0.931.